The zero-order valence-corrected chi connectivity index (χ0v) is 23.3. The van der Waals surface area contributed by atoms with E-state index < -0.39 is 0 Å². The lowest BCUT2D eigenvalue weighted by Gasteiger charge is -2.23. The van der Waals surface area contributed by atoms with Crippen LogP contribution in [0.5, 0.6) is 0 Å². The highest BCUT2D eigenvalue weighted by atomic mass is 32.1. The molecule has 7 N–H and O–H groups in total. The minimum atomic E-state index is -0.140. The molecule has 36 heavy (non-hydrogen) atoms. The topological polar surface area (TPSA) is 138 Å². The van der Waals surface area contributed by atoms with Crippen molar-refractivity contribution < 1.29 is 9.59 Å². The van der Waals surface area contributed by atoms with Crippen LogP contribution in [0.3, 0.4) is 0 Å². The molecule has 0 aliphatic heterocycles. The molecule has 2 aromatic rings. The van der Waals surface area contributed by atoms with Crippen molar-refractivity contribution >= 4 is 40.3 Å². The summed E-state index contributed by atoms with van der Waals surface area (Å²) in [5.41, 5.74) is 11.0. The fourth-order valence-corrected chi connectivity index (χ4v) is 6.71. The molecule has 3 rings (SSSR count). The number of hydrazine groups is 1. The Balaban J connectivity index is 1.63. The van der Waals surface area contributed by atoms with Gasteiger partial charge in [0.15, 0.2) is 0 Å². The third kappa shape index (κ3) is 6.84. The third-order valence-electron chi connectivity index (χ3n) is 7.23. The van der Waals surface area contributed by atoms with Gasteiger partial charge < -0.3 is 21.3 Å². The number of nitrogens with zero attached hydrogens (tertiary/aromatic N) is 2. The van der Waals surface area contributed by atoms with Crippen molar-refractivity contribution in [3.63, 3.8) is 0 Å². The molecule has 2 aromatic heterocycles. The number of amidine groups is 1. The predicted octanol–water partition coefficient (Wildman–Crippen LogP) is 2.25. The van der Waals surface area contributed by atoms with Gasteiger partial charge in [0.05, 0.1) is 17.3 Å². The van der Waals surface area contributed by atoms with Crippen molar-refractivity contribution in [2.45, 2.75) is 58.0 Å². The lowest BCUT2D eigenvalue weighted by Crippen LogP contribution is -2.42. The van der Waals surface area contributed by atoms with E-state index in [2.05, 4.69) is 53.5 Å². The molecule has 198 valence electrons. The van der Waals surface area contributed by atoms with Crippen LogP contribution in [0.2, 0.25) is 0 Å². The number of carbonyl (C=O) groups excluding carboxylic acids is 2. The third-order valence-corrected chi connectivity index (χ3v) is 9.28. The van der Waals surface area contributed by atoms with Crippen LogP contribution in [0, 0.1) is 11.8 Å². The summed E-state index contributed by atoms with van der Waals surface area (Å²) < 4.78 is 0. The molecule has 2 amide bonds. The lowest BCUT2D eigenvalue weighted by molar-refractivity contribution is -0.129. The maximum atomic E-state index is 12.7. The fraction of sp³-hybridized carbons (Fsp3) is 0.560. The summed E-state index contributed by atoms with van der Waals surface area (Å²) in [4.78, 5) is 28.3. The summed E-state index contributed by atoms with van der Waals surface area (Å²) >= 11 is 3.11. The average molecular weight is 534 g/mol. The molecule has 0 radical (unpaired) electrons. The van der Waals surface area contributed by atoms with E-state index in [1.165, 1.54) is 16.9 Å². The van der Waals surface area contributed by atoms with E-state index in [0.717, 1.165) is 23.3 Å². The molecule has 1 saturated carbocycles. The Bertz CT molecular complexity index is 1060. The first-order valence-corrected chi connectivity index (χ1v) is 14.1. The second kappa shape index (κ2) is 12.7. The van der Waals surface area contributed by atoms with Crippen LogP contribution in [0.1, 0.15) is 58.8 Å². The maximum absolute atomic E-state index is 12.7. The number of amides is 2. The molecular weight excluding hydrogens is 494 g/mol. The second-order valence-corrected chi connectivity index (χ2v) is 11.5. The smallest absolute Gasteiger partial charge is 0.261 e. The molecule has 11 heteroatoms. The quantitative estimate of drug-likeness (QED) is 0.116. The number of likely N-dealkylation sites (N-methyl/N-ethyl adjacent to an activating group) is 1. The highest BCUT2D eigenvalue weighted by Gasteiger charge is 2.47. The van der Waals surface area contributed by atoms with Gasteiger partial charge in [0.25, 0.3) is 5.91 Å². The number of thiophene rings is 2. The van der Waals surface area contributed by atoms with Gasteiger partial charge in [0.2, 0.25) is 5.91 Å². The van der Waals surface area contributed by atoms with Gasteiger partial charge in [-0.1, -0.05) is 13.8 Å². The molecule has 1 aliphatic rings. The van der Waals surface area contributed by atoms with Crippen LogP contribution in [0.4, 0.5) is 0 Å². The average Bonchev–Trinajstić information content (AvgIpc) is 3.27. The molecule has 0 aromatic carbocycles. The standard InChI is InChI=1S/C25H39N7O2S2/c1-14(29-12-21(33)32(5)22-15(2)16(22)3)10-19(24(26)30-31-27)23-18(8-9-35-23)7-6-17-11-20(36-13-17)25(34)28-4/h8-9,11,13-16,19,22,29,31H,6-7,10,12,27H2,1-5H3,(H2,26,30)(H,28,34)/t14-,15+,16?,19?,22?/m1/s1. The maximum Gasteiger partial charge on any atom is 0.261 e. The van der Waals surface area contributed by atoms with Crippen LogP contribution in [-0.2, 0) is 17.6 Å². The van der Waals surface area contributed by atoms with Gasteiger partial charge in [0, 0.05) is 31.1 Å². The van der Waals surface area contributed by atoms with Crippen LogP contribution in [-0.4, -0.2) is 55.3 Å². The van der Waals surface area contributed by atoms with Crippen LogP contribution < -0.4 is 27.7 Å². The van der Waals surface area contributed by atoms with Gasteiger partial charge in [-0.25, -0.2) is 11.4 Å². The molecule has 1 aliphatic carbocycles. The Kier molecular flexibility index (Phi) is 9.89. The van der Waals surface area contributed by atoms with Crippen molar-refractivity contribution in [1.82, 2.24) is 21.1 Å². The number of nitrogens with one attached hydrogen (secondary N) is 3. The normalized spacial score (nSPS) is 21.1. The van der Waals surface area contributed by atoms with Gasteiger partial charge in [-0.05, 0) is 72.0 Å². The minimum absolute atomic E-state index is 0.0369. The van der Waals surface area contributed by atoms with Crippen LogP contribution in [0.25, 0.3) is 0 Å². The highest BCUT2D eigenvalue weighted by Crippen LogP contribution is 2.41. The minimum Gasteiger partial charge on any atom is -0.385 e. The molecule has 9 nitrogen and oxygen atoms in total. The number of hydrogen-bond acceptors (Lipinski definition) is 8. The summed E-state index contributed by atoms with van der Waals surface area (Å²) in [6, 6.07) is 4.45. The van der Waals surface area contributed by atoms with Gasteiger partial charge in [-0.15, -0.1) is 22.7 Å². The second-order valence-electron chi connectivity index (χ2n) is 9.66. The summed E-state index contributed by atoms with van der Waals surface area (Å²) in [5, 5.41) is 14.2. The molecule has 1 fully saturated rings. The van der Waals surface area contributed by atoms with Gasteiger partial charge in [-0.2, -0.15) is 5.10 Å². The number of hydrazone groups is 1. The largest absolute Gasteiger partial charge is 0.385 e. The fourth-order valence-electron chi connectivity index (χ4n) is 4.73. The van der Waals surface area contributed by atoms with Crippen molar-refractivity contribution in [1.29, 1.82) is 0 Å². The van der Waals surface area contributed by atoms with Crippen molar-refractivity contribution in [3.05, 3.63) is 43.8 Å². The number of nitrogens with two attached hydrogens (primary N) is 2. The Morgan fingerprint density at radius 2 is 1.94 bits per heavy atom. The zero-order chi connectivity index (χ0) is 26.4. The summed E-state index contributed by atoms with van der Waals surface area (Å²) in [5.74, 6) is 6.87. The van der Waals surface area contributed by atoms with Gasteiger partial charge >= 0.3 is 0 Å². The van der Waals surface area contributed by atoms with Gasteiger partial charge in [-0.3, -0.25) is 9.59 Å². The first-order valence-electron chi connectivity index (χ1n) is 12.3. The Morgan fingerprint density at radius 3 is 2.58 bits per heavy atom. The van der Waals surface area contributed by atoms with Gasteiger partial charge in [0.1, 0.15) is 5.84 Å². The van der Waals surface area contributed by atoms with E-state index >= 15 is 0 Å². The number of hydrogen-bond donors (Lipinski definition) is 5. The van der Waals surface area contributed by atoms with E-state index in [0.29, 0.717) is 35.0 Å². The molecule has 5 atom stereocenters. The van der Waals surface area contributed by atoms with E-state index in [9.17, 15) is 9.59 Å². The Morgan fingerprint density at radius 1 is 1.22 bits per heavy atom. The van der Waals surface area contributed by atoms with E-state index in [1.807, 2.05) is 23.4 Å². The number of carbonyl (C=O) groups is 2. The monoisotopic (exact) mass is 533 g/mol. The summed E-state index contributed by atoms with van der Waals surface area (Å²) in [6.07, 6.45) is 2.32. The molecule has 0 saturated heterocycles. The van der Waals surface area contributed by atoms with Crippen molar-refractivity contribution in [2.24, 2.45) is 28.5 Å². The summed E-state index contributed by atoms with van der Waals surface area (Å²) in [6.45, 7) is 6.72. The van der Waals surface area contributed by atoms with E-state index in [-0.39, 0.29) is 30.3 Å². The van der Waals surface area contributed by atoms with Crippen LogP contribution >= 0.6 is 22.7 Å². The first-order chi connectivity index (χ1) is 17.2. The van der Waals surface area contributed by atoms with E-state index in [4.69, 9.17) is 11.6 Å². The molecule has 0 bridgehead atoms. The Labute approximate surface area is 221 Å². The first kappa shape index (κ1) is 28.1. The predicted molar refractivity (Wildman–Crippen MR) is 148 cm³/mol. The van der Waals surface area contributed by atoms with Crippen molar-refractivity contribution in [2.75, 3.05) is 20.6 Å². The Hall–Kier alpha value is -2.47. The number of aryl methyl sites for hydroxylation is 2. The molecule has 3 unspecified atom stereocenters. The molecule has 2 heterocycles. The highest BCUT2D eigenvalue weighted by molar-refractivity contribution is 7.12. The SMILES string of the molecule is CNC(=O)c1cc(CCc2ccsc2C(C[C@@H](C)NCC(=O)N(C)C2C(C)[C@@H]2C)/C(N)=N/NN)cs1. The number of rotatable bonds is 13. The summed E-state index contributed by atoms with van der Waals surface area (Å²) in [7, 11) is 3.53. The molecular formula is C25H39N7O2S2. The van der Waals surface area contributed by atoms with E-state index in [1.54, 1.807) is 18.4 Å². The zero-order valence-electron chi connectivity index (χ0n) is 21.7. The van der Waals surface area contributed by atoms with Crippen molar-refractivity contribution in [3.8, 4) is 0 Å². The van der Waals surface area contributed by atoms with Crippen LogP contribution in [0.15, 0.2) is 28.0 Å². The molecule has 0 spiro atoms. The lowest BCUT2D eigenvalue weighted by atomic mass is 9.93.